The Labute approximate surface area is 124 Å². The van der Waals surface area contributed by atoms with E-state index in [4.69, 9.17) is 4.74 Å². The molecule has 1 aliphatic heterocycles. The van der Waals surface area contributed by atoms with Crippen molar-refractivity contribution in [3.63, 3.8) is 0 Å². The molecule has 1 amide bonds. The van der Waals surface area contributed by atoms with Crippen molar-refractivity contribution in [3.05, 3.63) is 35.4 Å². The lowest BCUT2D eigenvalue weighted by atomic mass is 10.0. The third-order valence-corrected chi connectivity index (χ3v) is 3.71. The molecule has 2 atom stereocenters. The molecule has 0 radical (unpaired) electrons. The average molecular weight is 291 g/mol. The first-order valence-electron chi connectivity index (χ1n) is 7.19. The molecule has 5 heteroatoms. The van der Waals surface area contributed by atoms with Gasteiger partial charge in [0.1, 0.15) is 0 Å². The zero-order chi connectivity index (χ0) is 15.2. The van der Waals surface area contributed by atoms with E-state index in [9.17, 15) is 9.59 Å². The van der Waals surface area contributed by atoms with Crippen molar-refractivity contribution in [3.8, 4) is 0 Å². The van der Waals surface area contributed by atoms with Gasteiger partial charge in [-0.3, -0.25) is 9.59 Å². The Balaban J connectivity index is 2.06. The second-order valence-electron chi connectivity index (χ2n) is 5.22. The highest BCUT2D eigenvalue weighted by Crippen LogP contribution is 2.16. The number of methoxy groups -OCH3 is 1. The Morgan fingerprint density at radius 3 is 2.86 bits per heavy atom. The van der Waals surface area contributed by atoms with Crippen molar-refractivity contribution >= 4 is 11.9 Å². The third kappa shape index (κ3) is 4.04. The molecular formula is C16H21NO4. The summed E-state index contributed by atoms with van der Waals surface area (Å²) in [6.45, 7) is 2.70. The number of amides is 1. The number of ether oxygens (including phenoxy) is 2. The summed E-state index contributed by atoms with van der Waals surface area (Å²) in [5, 5.41) is 2.95. The van der Waals surface area contributed by atoms with Gasteiger partial charge in [0.2, 0.25) is 0 Å². The SMILES string of the molecule is COC(=O)Cc1ccccc1C(=O)N[C@H](C)[C@@H]1CCCO1. The summed E-state index contributed by atoms with van der Waals surface area (Å²) in [7, 11) is 1.34. The van der Waals surface area contributed by atoms with Gasteiger partial charge >= 0.3 is 5.97 Å². The van der Waals surface area contributed by atoms with Crippen LogP contribution in [0.1, 0.15) is 35.7 Å². The van der Waals surface area contributed by atoms with Gasteiger partial charge in [-0.15, -0.1) is 0 Å². The molecule has 1 heterocycles. The molecule has 0 bridgehead atoms. The van der Waals surface area contributed by atoms with Gasteiger partial charge in [-0.2, -0.15) is 0 Å². The molecule has 21 heavy (non-hydrogen) atoms. The lowest BCUT2D eigenvalue weighted by Crippen LogP contribution is -2.41. The molecule has 0 aromatic heterocycles. The molecule has 114 valence electrons. The molecule has 0 spiro atoms. The van der Waals surface area contributed by atoms with Gasteiger partial charge in [-0.05, 0) is 31.4 Å². The predicted molar refractivity (Wildman–Crippen MR) is 78.1 cm³/mol. The van der Waals surface area contributed by atoms with Crippen LogP contribution in [0.3, 0.4) is 0 Å². The van der Waals surface area contributed by atoms with Gasteiger partial charge in [0.15, 0.2) is 0 Å². The van der Waals surface area contributed by atoms with Crippen LogP contribution in [-0.4, -0.2) is 37.7 Å². The van der Waals surface area contributed by atoms with Crippen molar-refractivity contribution in [1.29, 1.82) is 0 Å². The number of esters is 1. The van der Waals surface area contributed by atoms with Gasteiger partial charge in [0.05, 0.1) is 25.7 Å². The molecule has 1 fully saturated rings. The Morgan fingerprint density at radius 1 is 1.43 bits per heavy atom. The zero-order valence-corrected chi connectivity index (χ0v) is 12.4. The van der Waals surface area contributed by atoms with Crippen LogP contribution >= 0.6 is 0 Å². The summed E-state index contributed by atoms with van der Waals surface area (Å²) < 4.78 is 10.2. The molecule has 0 aliphatic carbocycles. The molecule has 1 aromatic rings. The van der Waals surface area contributed by atoms with E-state index in [1.807, 2.05) is 6.92 Å². The quantitative estimate of drug-likeness (QED) is 0.839. The molecule has 0 unspecified atom stereocenters. The Morgan fingerprint density at radius 2 is 2.19 bits per heavy atom. The lowest BCUT2D eigenvalue weighted by molar-refractivity contribution is -0.139. The number of carbonyl (C=O) groups is 2. The number of carbonyl (C=O) groups excluding carboxylic acids is 2. The molecule has 2 rings (SSSR count). The fourth-order valence-corrected chi connectivity index (χ4v) is 2.50. The van der Waals surface area contributed by atoms with Crippen LogP contribution < -0.4 is 5.32 Å². The largest absolute Gasteiger partial charge is 0.469 e. The van der Waals surface area contributed by atoms with Crippen molar-refractivity contribution in [2.24, 2.45) is 0 Å². The summed E-state index contributed by atoms with van der Waals surface area (Å²) in [4.78, 5) is 23.8. The van der Waals surface area contributed by atoms with Crippen LogP contribution in [0.25, 0.3) is 0 Å². The second-order valence-corrected chi connectivity index (χ2v) is 5.22. The first kappa shape index (κ1) is 15.5. The fourth-order valence-electron chi connectivity index (χ4n) is 2.50. The maximum Gasteiger partial charge on any atom is 0.310 e. The maximum atomic E-state index is 12.4. The third-order valence-electron chi connectivity index (χ3n) is 3.71. The summed E-state index contributed by atoms with van der Waals surface area (Å²) in [5.74, 6) is -0.542. The molecule has 1 aliphatic rings. The van der Waals surface area contributed by atoms with E-state index < -0.39 is 0 Å². The maximum absolute atomic E-state index is 12.4. The van der Waals surface area contributed by atoms with Crippen molar-refractivity contribution in [2.45, 2.75) is 38.3 Å². The number of rotatable bonds is 5. The van der Waals surface area contributed by atoms with E-state index in [1.165, 1.54) is 7.11 Å². The molecule has 0 saturated carbocycles. The van der Waals surface area contributed by atoms with Crippen LogP contribution in [-0.2, 0) is 20.7 Å². The number of hydrogen-bond acceptors (Lipinski definition) is 4. The number of hydrogen-bond donors (Lipinski definition) is 1. The Hall–Kier alpha value is -1.88. The van der Waals surface area contributed by atoms with Gasteiger partial charge in [0, 0.05) is 12.2 Å². The van der Waals surface area contributed by atoms with E-state index in [0.717, 1.165) is 19.4 Å². The highest BCUT2D eigenvalue weighted by molar-refractivity contribution is 5.96. The van der Waals surface area contributed by atoms with Crippen LogP contribution in [0, 0.1) is 0 Å². The normalized spacial score (nSPS) is 19.0. The Kier molecular flexibility index (Phi) is 5.33. The van der Waals surface area contributed by atoms with Gasteiger partial charge in [-0.25, -0.2) is 0 Å². The van der Waals surface area contributed by atoms with Crippen LogP contribution in [0.15, 0.2) is 24.3 Å². The van der Waals surface area contributed by atoms with Crippen LogP contribution in [0.4, 0.5) is 0 Å². The fraction of sp³-hybridized carbons (Fsp3) is 0.500. The Bertz CT molecular complexity index is 509. The first-order chi connectivity index (χ1) is 10.1. The monoisotopic (exact) mass is 291 g/mol. The zero-order valence-electron chi connectivity index (χ0n) is 12.4. The highest BCUT2D eigenvalue weighted by Gasteiger charge is 2.24. The van der Waals surface area contributed by atoms with E-state index in [2.05, 4.69) is 10.1 Å². The minimum atomic E-state index is -0.359. The standard InChI is InChI=1S/C16H21NO4/c1-11(14-8-5-9-21-14)17-16(19)13-7-4-3-6-12(13)10-15(18)20-2/h3-4,6-7,11,14H,5,8-10H2,1-2H3,(H,17,19)/t11-,14+/m1/s1. The number of nitrogens with one attached hydrogen (secondary N) is 1. The van der Waals surface area contributed by atoms with E-state index in [0.29, 0.717) is 11.1 Å². The molecule has 1 aromatic carbocycles. The average Bonchev–Trinajstić information content (AvgIpc) is 3.01. The van der Waals surface area contributed by atoms with Crippen LogP contribution in [0.5, 0.6) is 0 Å². The minimum absolute atomic E-state index is 0.0498. The van der Waals surface area contributed by atoms with E-state index in [-0.39, 0.29) is 30.4 Å². The van der Waals surface area contributed by atoms with Crippen molar-refractivity contribution in [2.75, 3.05) is 13.7 Å². The second kappa shape index (κ2) is 7.22. The van der Waals surface area contributed by atoms with Gasteiger partial charge in [-0.1, -0.05) is 18.2 Å². The topological polar surface area (TPSA) is 64.6 Å². The van der Waals surface area contributed by atoms with Crippen molar-refractivity contribution in [1.82, 2.24) is 5.32 Å². The predicted octanol–water partition coefficient (Wildman–Crippen LogP) is 1.70. The smallest absolute Gasteiger partial charge is 0.310 e. The minimum Gasteiger partial charge on any atom is -0.469 e. The molecular weight excluding hydrogens is 270 g/mol. The summed E-state index contributed by atoms with van der Waals surface area (Å²) in [5.41, 5.74) is 1.18. The molecule has 1 saturated heterocycles. The summed E-state index contributed by atoms with van der Waals surface area (Å²) in [6, 6.07) is 7.02. The van der Waals surface area contributed by atoms with Gasteiger partial charge in [0.25, 0.3) is 5.91 Å². The first-order valence-corrected chi connectivity index (χ1v) is 7.19. The van der Waals surface area contributed by atoms with Crippen LogP contribution in [0.2, 0.25) is 0 Å². The highest BCUT2D eigenvalue weighted by atomic mass is 16.5. The van der Waals surface area contributed by atoms with E-state index in [1.54, 1.807) is 24.3 Å². The molecule has 5 nitrogen and oxygen atoms in total. The molecule has 1 N–H and O–H groups in total. The summed E-state index contributed by atoms with van der Waals surface area (Å²) in [6.07, 6.45) is 2.16. The lowest BCUT2D eigenvalue weighted by Gasteiger charge is -2.20. The van der Waals surface area contributed by atoms with Crippen molar-refractivity contribution < 1.29 is 19.1 Å². The number of benzene rings is 1. The van der Waals surface area contributed by atoms with Gasteiger partial charge < -0.3 is 14.8 Å². The van der Waals surface area contributed by atoms with E-state index >= 15 is 0 Å². The summed E-state index contributed by atoms with van der Waals surface area (Å²) >= 11 is 0.